The largest absolute Gasteiger partial charge is 0.480 e. The van der Waals surface area contributed by atoms with Crippen molar-refractivity contribution in [3.63, 3.8) is 0 Å². The molecule has 0 aromatic rings. The van der Waals surface area contributed by atoms with E-state index >= 15 is 0 Å². The Labute approximate surface area is 134 Å². The number of hydrogen-bond acceptors (Lipinski definition) is 4. The molecule has 2 fully saturated rings. The molecule has 2 aliphatic heterocycles. The number of hydrogen-bond donors (Lipinski definition) is 2. The van der Waals surface area contributed by atoms with E-state index in [1.165, 1.54) is 11.3 Å². The van der Waals surface area contributed by atoms with Gasteiger partial charge in [0.05, 0.1) is 5.37 Å². The molecule has 2 rings (SSSR count). The first-order chi connectivity index (χ1) is 9.84. The molecule has 0 bridgehead atoms. The topological polar surface area (TPSA) is 69.6 Å². The summed E-state index contributed by atoms with van der Waals surface area (Å²) < 4.78 is 0.0918. The second kappa shape index (κ2) is 6.69. The summed E-state index contributed by atoms with van der Waals surface area (Å²) in [6.45, 7) is 6.82. The summed E-state index contributed by atoms with van der Waals surface area (Å²) in [4.78, 5) is 25.4. The van der Waals surface area contributed by atoms with Gasteiger partial charge in [0.2, 0.25) is 0 Å². The molecular weight excluding hydrogens is 308 g/mol. The molecule has 0 aromatic heterocycles. The SMILES string of the molecule is CC(C)C1SCC(C(=O)O)N1C(=O)NCC1(C)CCCS1. The van der Waals surface area contributed by atoms with Crippen LogP contribution in [-0.4, -0.2) is 56.2 Å². The van der Waals surface area contributed by atoms with E-state index in [4.69, 9.17) is 0 Å². The van der Waals surface area contributed by atoms with Gasteiger partial charge < -0.3 is 10.4 Å². The van der Waals surface area contributed by atoms with Crippen molar-refractivity contribution >= 4 is 35.5 Å². The summed E-state index contributed by atoms with van der Waals surface area (Å²) >= 11 is 3.45. The zero-order chi connectivity index (χ0) is 15.6. The minimum absolute atomic E-state index is 0.0601. The molecule has 2 saturated heterocycles. The van der Waals surface area contributed by atoms with Gasteiger partial charge in [0, 0.05) is 17.0 Å². The van der Waals surface area contributed by atoms with Gasteiger partial charge in [-0.2, -0.15) is 11.8 Å². The van der Waals surface area contributed by atoms with Crippen molar-refractivity contribution in [2.45, 2.75) is 49.8 Å². The van der Waals surface area contributed by atoms with Crippen molar-refractivity contribution in [2.24, 2.45) is 5.92 Å². The Kier molecular flexibility index (Phi) is 5.35. The zero-order valence-electron chi connectivity index (χ0n) is 12.8. The molecule has 0 radical (unpaired) electrons. The van der Waals surface area contributed by atoms with Crippen LogP contribution in [0.1, 0.15) is 33.6 Å². The van der Waals surface area contributed by atoms with Crippen molar-refractivity contribution in [2.75, 3.05) is 18.1 Å². The van der Waals surface area contributed by atoms with Crippen LogP contribution in [0.2, 0.25) is 0 Å². The number of nitrogens with one attached hydrogen (secondary N) is 1. The van der Waals surface area contributed by atoms with Crippen LogP contribution in [0.3, 0.4) is 0 Å². The lowest BCUT2D eigenvalue weighted by atomic mass is 10.1. The molecule has 2 N–H and O–H groups in total. The predicted molar refractivity (Wildman–Crippen MR) is 87.8 cm³/mol. The quantitative estimate of drug-likeness (QED) is 0.827. The summed E-state index contributed by atoms with van der Waals surface area (Å²) in [6, 6.07) is -0.953. The van der Waals surface area contributed by atoms with Crippen LogP contribution in [0, 0.1) is 5.92 Å². The fraction of sp³-hybridized carbons (Fsp3) is 0.857. The molecular formula is C14H24N2O3S2. The Bertz CT molecular complexity index is 411. The fourth-order valence-electron chi connectivity index (χ4n) is 2.82. The fourth-order valence-corrected chi connectivity index (χ4v) is 5.53. The second-order valence-electron chi connectivity index (χ2n) is 6.29. The van der Waals surface area contributed by atoms with E-state index in [0.29, 0.717) is 12.3 Å². The number of carboxylic acid groups (broad SMARTS) is 1. The van der Waals surface area contributed by atoms with E-state index in [1.54, 1.807) is 11.8 Å². The number of rotatable bonds is 4. The normalized spacial score (nSPS) is 32.7. The number of aliphatic carboxylic acids is 1. The molecule has 21 heavy (non-hydrogen) atoms. The van der Waals surface area contributed by atoms with Crippen molar-refractivity contribution in [3.8, 4) is 0 Å². The first-order valence-corrected chi connectivity index (χ1v) is 9.42. The van der Waals surface area contributed by atoms with Crippen molar-refractivity contribution in [1.29, 1.82) is 0 Å². The van der Waals surface area contributed by atoms with E-state index in [1.807, 2.05) is 25.6 Å². The highest BCUT2D eigenvalue weighted by molar-refractivity contribution is 8.01. The summed E-state index contributed by atoms with van der Waals surface area (Å²) in [6.07, 6.45) is 2.28. The molecule has 120 valence electrons. The molecule has 5 nitrogen and oxygen atoms in total. The third-order valence-electron chi connectivity index (χ3n) is 4.04. The third-order valence-corrected chi connectivity index (χ3v) is 7.20. The number of thioether (sulfide) groups is 2. The maximum Gasteiger partial charge on any atom is 0.327 e. The van der Waals surface area contributed by atoms with Crippen molar-refractivity contribution in [3.05, 3.63) is 0 Å². The predicted octanol–water partition coefficient (Wildman–Crippen LogP) is 2.47. The minimum atomic E-state index is -0.915. The van der Waals surface area contributed by atoms with Gasteiger partial charge in [-0.1, -0.05) is 13.8 Å². The molecule has 2 aliphatic rings. The number of urea groups is 1. The smallest absolute Gasteiger partial charge is 0.327 e. The average molecular weight is 332 g/mol. The Balaban J connectivity index is 2.01. The lowest BCUT2D eigenvalue weighted by molar-refractivity contribution is -0.141. The highest BCUT2D eigenvalue weighted by atomic mass is 32.2. The van der Waals surface area contributed by atoms with E-state index in [9.17, 15) is 14.7 Å². The Morgan fingerprint density at radius 1 is 1.48 bits per heavy atom. The molecule has 0 aromatic carbocycles. The Hall–Kier alpha value is -0.560. The molecule has 2 amide bonds. The van der Waals surface area contributed by atoms with Gasteiger partial charge in [0.15, 0.2) is 0 Å². The van der Waals surface area contributed by atoms with Gasteiger partial charge in [-0.3, -0.25) is 4.90 Å². The van der Waals surface area contributed by atoms with Gasteiger partial charge in [0.25, 0.3) is 0 Å². The monoisotopic (exact) mass is 332 g/mol. The molecule has 3 unspecified atom stereocenters. The maximum absolute atomic E-state index is 12.5. The number of carbonyl (C=O) groups excluding carboxylic acids is 1. The van der Waals surface area contributed by atoms with Crippen LogP contribution in [-0.2, 0) is 4.79 Å². The maximum atomic E-state index is 12.5. The highest BCUT2D eigenvalue weighted by Gasteiger charge is 2.43. The number of carbonyl (C=O) groups is 2. The van der Waals surface area contributed by atoms with Crippen molar-refractivity contribution in [1.82, 2.24) is 10.2 Å². The molecule has 0 saturated carbocycles. The number of carboxylic acids is 1. The lowest BCUT2D eigenvalue weighted by Gasteiger charge is -2.31. The van der Waals surface area contributed by atoms with Gasteiger partial charge in [-0.25, -0.2) is 9.59 Å². The molecule has 7 heteroatoms. The number of amides is 2. The third kappa shape index (κ3) is 3.80. The van der Waals surface area contributed by atoms with E-state index in [-0.39, 0.29) is 22.1 Å². The van der Waals surface area contributed by atoms with Gasteiger partial charge in [-0.15, -0.1) is 11.8 Å². The van der Waals surface area contributed by atoms with Crippen LogP contribution >= 0.6 is 23.5 Å². The van der Waals surface area contributed by atoms with E-state index in [2.05, 4.69) is 12.2 Å². The standard InChI is InChI=1S/C14H24N2O3S2/c1-9(2)11-16(10(7-20-11)12(17)18)13(19)15-8-14(3)5-4-6-21-14/h9-11H,4-8H2,1-3H3,(H,15,19)(H,17,18). The van der Waals surface area contributed by atoms with Gasteiger partial charge >= 0.3 is 12.0 Å². The minimum Gasteiger partial charge on any atom is -0.480 e. The molecule has 3 atom stereocenters. The lowest BCUT2D eigenvalue weighted by Crippen LogP contribution is -2.53. The van der Waals surface area contributed by atoms with Gasteiger partial charge in [-0.05, 0) is 31.4 Å². The van der Waals surface area contributed by atoms with Crippen LogP contribution in [0.15, 0.2) is 0 Å². The highest BCUT2D eigenvalue weighted by Crippen LogP contribution is 2.37. The summed E-state index contributed by atoms with van der Waals surface area (Å²) in [5.41, 5.74) is 0. The summed E-state index contributed by atoms with van der Waals surface area (Å²) in [5, 5.41) is 12.2. The van der Waals surface area contributed by atoms with Crippen LogP contribution in [0.5, 0.6) is 0 Å². The molecule has 0 spiro atoms. The molecule has 2 heterocycles. The van der Waals surface area contributed by atoms with Crippen molar-refractivity contribution < 1.29 is 14.7 Å². The zero-order valence-corrected chi connectivity index (χ0v) is 14.4. The van der Waals surface area contributed by atoms with Gasteiger partial charge in [0.1, 0.15) is 6.04 Å². The second-order valence-corrected chi connectivity index (χ2v) is 9.12. The Morgan fingerprint density at radius 3 is 2.71 bits per heavy atom. The van der Waals surface area contributed by atoms with E-state index < -0.39 is 12.0 Å². The summed E-state index contributed by atoms with van der Waals surface area (Å²) in [5.74, 6) is 0.930. The first kappa shape index (κ1) is 16.8. The Morgan fingerprint density at radius 2 is 2.19 bits per heavy atom. The number of nitrogens with zero attached hydrogens (tertiary/aromatic N) is 1. The van der Waals surface area contributed by atoms with Crippen LogP contribution in [0.4, 0.5) is 4.79 Å². The van der Waals surface area contributed by atoms with Crippen LogP contribution in [0.25, 0.3) is 0 Å². The van der Waals surface area contributed by atoms with E-state index in [0.717, 1.165) is 12.2 Å². The van der Waals surface area contributed by atoms with Crippen LogP contribution < -0.4 is 5.32 Å². The molecule has 0 aliphatic carbocycles. The first-order valence-electron chi connectivity index (χ1n) is 7.38. The summed E-state index contributed by atoms with van der Waals surface area (Å²) in [7, 11) is 0. The average Bonchev–Trinajstić information content (AvgIpc) is 3.02.